The monoisotopic (exact) mass is 199 g/mol. The zero-order valence-electron chi connectivity index (χ0n) is 8.16. The van der Waals surface area contributed by atoms with Gasteiger partial charge in [0.1, 0.15) is 7.85 Å². The maximum absolute atomic E-state index is 10.5. The fourth-order valence-corrected chi connectivity index (χ4v) is 1.64. The lowest BCUT2D eigenvalue weighted by Crippen LogP contribution is -2.00. The Morgan fingerprint density at radius 3 is 3.00 bits per heavy atom. The third-order valence-corrected chi connectivity index (χ3v) is 2.40. The van der Waals surface area contributed by atoms with Gasteiger partial charge in [-0.3, -0.25) is 4.79 Å². The molecule has 1 aromatic heterocycles. The van der Waals surface area contributed by atoms with E-state index in [0.717, 1.165) is 16.5 Å². The van der Waals surface area contributed by atoms with Gasteiger partial charge in [-0.25, -0.2) is 0 Å². The summed E-state index contributed by atoms with van der Waals surface area (Å²) in [6, 6.07) is 5.58. The molecule has 74 valence electrons. The number of rotatable bonds is 3. The van der Waals surface area contributed by atoms with E-state index in [4.69, 9.17) is 13.0 Å². The van der Waals surface area contributed by atoms with Crippen LogP contribution in [0.3, 0.4) is 0 Å². The minimum atomic E-state index is -0.784. The van der Waals surface area contributed by atoms with Gasteiger partial charge in [0.05, 0.1) is 0 Å². The molecule has 0 aliphatic heterocycles. The molecule has 0 saturated carbocycles. The molecular weight excluding hydrogens is 189 g/mol. The Bertz CT molecular complexity index is 504. The van der Waals surface area contributed by atoms with E-state index in [1.54, 1.807) is 0 Å². The van der Waals surface area contributed by atoms with Gasteiger partial charge in [-0.05, 0) is 18.1 Å². The zero-order chi connectivity index (χ0) is 10.8. The molecular formula is C11H10BNO2. The maximum Gasteiger partial charge on any atom is 0.303 e. The number of carbonyl (C=O) groups is 1. The Balaban J connectivity index is 2.35. The first-order valence-electron chi connectivity index (χ1n) is 4.74. The summed E-state index contributed by atoms with van der Waals surface area (Å²) < 4.78 is 0. The first kappa shape index (κ1) is 9.83. The van der Waals surface area contributed by atoms with Crippen LogP contribution in [0.2, 0.25) is 0 Å². The second-order valence-corrected chi connectivity index (χ2v) is 3.51. The van der Waals surface area contributed by atoms with Gasteiger partial charge in [0.2, 0.25) is 0 Å². The summed E-state index contributed by atoms with van der Waals surface area (Å²) in [5.41, 5.74) is 2.68. The molecule has 2 rings (SSSR count). The lowest BCUT2D eigenvalue weighted by molar-refractivity contribution is -0.136. The van der Waals surface area contributed by atoms with Crippen LogP contribution in [0.25, 0.3) is 10.9 Å². The SMILES string of the molecule is [B]c1ccc2[nH]cc(CCC(=O)O)c2c1. The average molecular weight is 199 g/mol. The summed E-state index contributed by atoms with van der Waals surface area (Å²) in [5, 5.41) is 9.61. The molecule has 2 aromatic rings. The van der Waals surface area contributed by atoms with Crippen LogP contribution in [-0.2, 0) is 11.2 Å². The van der Waals surface area contributed by atoms with E-state index >= 15 is 0 Å². The molecule has 0 unspecified atom stereocenters. The molecule has 0 aliphatic rings. The highest BCUT2D eigenvalue weighted by atomic mass is 16.4. The van der Waals surface area contributed by atoms with E-state index < -0.39 is 5.97 Å². The van der Waals surface area contributed by atoms with E-state index in [-0.39, 0.29) is 6.42 Å². The van der Waals surface area contributed by atoms with Gasteiger partial charge in [-0.15, -0.1) is 0 Å². The van der Waals surface area contributed by atoms with E-state index in [1.165, 1.54) is 0 Å². The van der Waals surface area contributed by atoms with Crippen LogP contribution in [0.1, 0.15) is 12.0 Å². The third-order valence-electron chi connectivity index (χ3n) is 2.40. The minimum absolute atomic E-state index is 0.141. The van der Waals surface area contributed by atoms with Crippen molar-refractivity contribution in [2.75, 3.05) is 0 Å². The largest absolute Gasteiger partial charge is 0.481 e. The van der Waals surface area contributed by atoms with Crippen LogP contribution >= 0.6 is 0 Å². The van der Waals surface area contributed by atoms with Gasteiger partial charge in [0.15, 0.2) is 0 Å². The van der Waals surface area contributed by atoms with Crippen molar-refractivity contribution in [1.29, 1.82) is 0 Å². The summed E-state index contributed by atoms with van der Waals surface area (Å²) in [6.07, 6.45) is 2.51. The van der Waals surface area contributed by atoms with Gasteiger partial charge < -0.3 is 10.1 Å². The quantitative estimate of drug-likeness (QED) is 0.723. The van der Waals surface area contributed by atoms with Crippen LogP contribution in [0.4, 0.5) is 0 Å². The number of fused-ring (bicyclic) bond motifs is 1. The van der Waals surface area contributed by atoms with Gasteiger partial charge in [-0.1, -0.05) is 17.6 Å². The molecule has 0 fully saturated rings. The van der Waals surface area contributed by atoms with Crippen molar-refractivity contribution in [2.45, 2.75) is 12.8 Å². The number of aryl methyl sites for hydroxylation is 1. The predicted molar refractivity (Wildman–Crippen MR) is 59.6 cm³/mol. The molecule has 2 radical (unpaired) electrons. The molecule has 0 spiro atoms. The predicted octanol–water partition coefficient (Wildman–Crippen LogP) is 0.979. The Labute approximate surface area is 88.5 Å². The molecule has 2 N–H and O–H groups in total. The Morgan fingerprint density at radius 2 is 2.27 bits per heavy atom. The van der Waals surface area contributed by atoms with Crippen molar-refractivity contribution < 1.29 is 9.90 Å². The van der Waals surface area contributed by atoms with Gasteiger partial charge >= 0.3 is 5.97 Å². The van der Waals surface area contributed by atoms with Crippen molar-refractivity contribution in [1.82, 2.24) is 4.98 Å². The van der Waals surface area contributed by atoms with Gasteiger partial charge in [0, 0.05) is 23.5 Å². The number of benzene rings is 1. The maximum atomic E-state index is 10.5. The summed E-state index contributed by atoms with van der Waals surface area (Å²) in [4.78, 5) is 13.6. The lowest BCUT2D eigenvalue weighted by Gasteiger charge is -1.97. The first-order valence-corrected chi connectivity index (χ1v) is 4.74. The van der Waals surface area contributed by atoms with Crippen LogP contribution in [0, 0.1) is 0 Å². The number of aromatic amines is 1. The molecule has 15 heavy (non-hydrogen) atoms. The Morgan fingerprint density at radius 1 is 1.47 bits per heavy atom. The van der Waals surface area contributed by atoms with Crippen LogP contribution in [0.5, 0.6) is 0 Å². The number of hydrogen-bond donors (Lipinski definition) is 2. The van der Waals surface area contributed by atoms with E-state index in [9.17, 15) is 4.79 Å². The first-order chi connectivity index (χ1) is 7.16. The molecule has 3 nitrogen and oxygen atoms in total. The summed E-state index contributed by atoms with van der Waals surface area (Å²) >= 11 is 0. The van der Waals surface area contributed by atoms with Crippen LogP contribution in [-0.4, -0.2) is 23.9 Å². The smallest absolute Gasteiger partial charge is 0.303 e. The van der Waals surface area contributed by atoms with Crippen LogP contribution in [0.15, 0.2) is 24.4 Å². The number of hydrogen-bond acceptors (Lipinski definition) is 1. The van der Waals surface area contributed by atoms with E-state index in [0.29, 0.717) is 11.9 Å². The molecule has 0 atom stereocenters. The number of nitrogens with one attached hydrogen (secondary N) is 1. The lowest BCUT2D eigenvalue weighted by atomic mass is 9.94. The molecule has 0 saturated heterocycles. The van der Waals surface area contributed by atoms with Gasteiger partial charge in [0.25, 0.3) is 0 Å². The zero-order valence-corrected chi connectivity index (χ0v) is 8.16. The molecule has 1 heterocycles. The molecule has 4 heteroatoms. The van der Waals surface area contributed by atoms with Crippen molar-refractivity contribution in [3.05, 3.63) is 30.0 Å². The van der Waals surface area contributed by atoms with E-state index in [2.05, 4.69) is 4.98 Å². The van der Waals surface area contributed by atoms with Gasteiger partial charge in [-0.2, -0.15) is 0 Å². The third kappa shape index (κ3) is 2.04. The van der Waals surface area contributed by atoms with Crippen LogP contribution < -0.4 is 5.46 Å². The minimum Gasteiger partial charge on any atom is -0.481 e. The fraction of sp³-hybridized carbons (Fsp3) is 0.182. The second kappa shape index (κ2) is 3.81. The highest BCUT2D eigenvalue weighted by Crippen LogP contribution is 2.17. The Kier molecular flexibility index (Phi) is 2.50. The average Bonchev–Trinajstić information content (AvgIpc) is 2.57. The Hall–Kier alpha value is -1.71. The van der Waals surface area contributed by atoms with Crippen molar-refractivity contribution in [3.8, 4) is 0 Å². The number of carboxylic acids is 1. The van der Waals surface area contributed by atoms with Crippen molar-refractivity contribution in [2.24, 2.45) is 0 Å². The molecule has 1 aromatic carbocycles. The fourth-order valence-electron chi connectivity index (χ4n) is 1.64. The molecule has 0 amide bonds. The standard InChI is InChI=1S/C11H10BNO2/c12-8-2-3-10-9(5-8)7(6-13-10)1-4-11(14)15/h2-3,5-6,13H,1,4H2,(H,14,15). The summed E-state index contributed by atoms with van der Waals surface area (Å²) in [5.74, 6) is -0.784. The highest BCUT2D eigenvalue weighted by molar-refractivity contribution is 6.33. The normalized spacial score (nSPS) is 10.7. The van der Waals surface area contributed by atoms with E-state index in [1.807, 2.05) is 24.4 Å². The summed E-state index contributed by atoms with van der Waals surface area (Å²) in [7, 11) is 5.68. The second-order valence-electron chi connectivity index (χ2n) is 3.51. The molecule has 0 bridgehead atoms. The summed E-state index contributed by atoms with van der Waals surface area (Å²) in [6.45, 7) is 0. The number of H-pyrrole nitrogens is 1. The molecule has 0 aliphatic carbocycles. The highest BCUT2D eigenvalue weighted by Gasteiger charge is 2.05. The number of aliphatic carboxylic acids is 1. The number of aromatic nitrogens is 1. The van der Waals surface area contributed by atoms with Crippen molar-refractivity contribution >= 4 is 30.2 Å². The number of carboxylic acid groups (broad SMARTS) is 1. The topological polar surface area (TPSA) is 53.1 Å². The van der Waals surface area contributed by atoms with Crippen molar-refractivity contribution in [3.63, 3.8) is 0 Å².